The Labute approximate surface area is 94.5 Å². The second-order valence-electron chi connectivity index (χ2n) is 6.87. The van der Waals surface area contributed by atoms with E-state index in [1.807, 2.05) is 0 Å². The summed E-state index contributed by atoms with van der Waals surface area (Å²) >= 11 is 0. The number of hydrogen-bond donors (Lipinski definition) is 2. The van der Waals surface area contributed by atoms with E-state index < -0.39 is 0 Å². The summed E-state index contributed by atoms with van der Waals surface area (Å²) in [5.41, 5.74) is 0.453. The average molecular weight is 213 g/mol. The van der Waals surface area contributed by atoms with E-state index in [-0.39, 0.29) is 11.6 Å². The van der Waals surface area contributed by atoms with Crippen LogP contribution in [0.25, 0.3) is 0 Å². The smallest absolute Gasteiger partial charge is 0.0693 e. The molecule has 1 aliphatic carbocycles. The summed E-state index contributed by atoms with van der Waals surface area (Å²) in [7, 11) is 0. The first kappa shape index (κ1) is 13.0. The van der Waals surface area contributed by atoms with Gasteiger partial charge in [0.2, 0.25) is 0 Å². The van der Waals surface area contributed by atoms with Gasteiger partial charge in [-0.3, -0.25) is 0 Å². The number of aliphatic hydroxyl groups excluding tert-OH is 1. The molecular weight excluding hydrogens is 186 g/mol. The van der Waals surface area contributed by atoms with Gasteiger partial charge >= 0.3 is 0 Å². The third kappa shape index (κ3) is 4.52. The molecule has 2 atom stereocenters. The van der Waals surface area contributed by atoms with Crippen molar-refractivity contribution < 1.29 is 5.11 Å². The third-order valence-electron chi connectivity index (χ3n) is 3.03. The summed E-state index contributed by atoms with van der Waals surface area (Å²) in [5.74, 6) is 0. The van der Waals surface area contributed by atoms with Crippen LogP contribution in [0.3, 0.4) is 0 Å². The highest BCUT2D eigenvalue weighted by molar-refractivity contribution is 4.91. The van der Waals surface area contributed by atoms with E-state index in [4.69, 9.17) is 0 Å². The number of aliphatic hydroxyl groups is 1. The van der Waals surface area contributed by atoms with Gasteiger partial charge in [0.05, 0.1) is 6.10 Å². The largest absolute Gasteiger partial charge is 0.392 e. The Morgan fingerprint density at radius 3 is 2.13 bits per heavy atom. The molecule has 0 aromatic rings. The van der Waals surface area contributed by atoms with Gasteiger partial charge in [0.1, 0.15) is 0 Å². The molecular formula is C13H27NO. The molecule has 0 amide bonds. The second-order valence-corrected chi connectivity index (χ2v) is 6.87. The van der Waals surface area contributed by atoms with Gasteiger partial charge in [-0.1, -0.05) is 20.8 Å². The molecule has 0 aromatic heterocycles. The summed E-state index contributed by atoms with van der Waals surface area (Å²) in [5, 5.41) is 13.4. The lowest BCUT2D eigenvalue weighted by Crippen LogP contribution is -2.50. The van der Waals surface area contributed by atoms with E-state index in [0.29, 0.717) is 11.5 Å². The first-order valence-electron chi connectivity index (χ1n) is 6.15. The van der Waals surface area contributed by atoms with E-state index in [2.05, 4.69) is 39.9 Å². The molecule has 15 heavy (non-hydrogen) atoms. The molecule has 2 nitrogen and oxygen atoms in total. The molecule has 0 saturated heterocycles. The minimum absolute atomic E-state index is 0.119. The maximum Gasteiger partial charge on any atom is 0.0693 e. The molecule has 0 aromatic carbocycles. The number of nitrogens with one attached hydrogen (secondary N) is 1. The van der Waals surface area contributed by atoms with Crippen LogP contribution >= 0.6 is 0 Å². The molecule has 1 aliphatic rings. The van der Waals surface area contributed by atoms with Crippen molar-refractivity contribution in [3.63, 3.8) is 0 Å². The lowest BCUT2D eigenvalue weighted by atomic mass is 9.81. The average Bonchev–Trinajstić information content (AvgIpc) is 2.29. The Balaban J connectivity index is 2.48. The first-order valence-corrected chi connectivity index (χ1v) is 6.15. The van der Waals surface area contributed by atoms with Crippen molar-refractivity contribution in [2.24, 2.45) is 5.41 Å². The van der Waals surface area contributed by atoms with Crippen molar-refractivity contribution >= 4 is 0 Å². The molecule has 2 unspecified atom stereocenters. The molecule has 0 bridgehead atoms. The highest BCUT2D eigenvalue weighted by Crippen LogP contribution is 2.29. The minimum atomic E-state index is -0.135. The van der Waals surface area contributed by atoms with Crippen molar-refractivity contribution in [3.05, 3.63) is 0 Å². The van der Waals surface area contributed by atoms with Crippen LogP contribution in [0.5, 0.6) is 0 Å². The molecule has 1 fully saturated rings. The van der Waals surface area contributed by atoms with E-state index in [1.165, 1.54) is 0 Å². The highest BCUT2D eigenvalue weighted by atomic mass is 16.3. The third-order valence-corrected chi connectivity index (χ3v) is 3.03. The van der Waals surface area contributed by atoms with Crippen LogP contribution in [0.2, 0.25) is 0 Å². The Bertz CT molecular complexity index is 205. The lowest BCUT2D eigenvalue weighted by Gasteiger charge is -2.36. The quantitative estimate of drug-likeness (QED) is 0.755. The molecule has 0 radical (unpaired) electrons. The van der Waals surface area contributed by atoms with Crippen LogP contribution in [0, 0.1) is 5.41 Å². The van der Waals surface area contributed by atoms with Gasteiger partial charge < -0.3 is 10.4 Å². The molecule has 2 heteroatoms. The maximum absolute atomic E-state index is 9.79. The molecule has 90 valence electrons. The first-order chi connectivity index (χ1) is 6.70. The predicted molar refractivity (Wildman–Crippen MR) is 64.9 cm³/mol. The SMILES string of the molecule is CC(C)(C)CC(C)(C)NC1CCCC1O. The van der Waals surface area contributed by atoms with Crippen molar-refractivity contribution in [1.82, 2.24) is 5.32 Å². The van der Waals surface area contributed by atoms with Gasteiger partial charge in [-0.15, -0.1) is 0 Å². The van der Waals surface area contributed by atoms with Crippen molar-refractivity contribution in [2.75, 3.05) is 0 Å². The van der Waals surface area contributed by atoms with Crippen LogP contribution < -0.4 is 5.32 Å². The summed E-state index contributed by atoms with van der Waals surface area (Å²) in [6.45, 7) is 11.3. The summed E-state index contributed by atoms with van der Waals surface area (Å²) in [4.78, 5) is 0. The van der Waals surface area contributed by atoms with Crippen LogP contribution in [0.15, 0.2) is 0 Å². The van der Waals surface area contributed by atoms with Crippen LogP contribution in [-0.4, -0.2) is 22.8 Å². The maximum atomic E-state index is 9.79. The van der Waals surface area contributed by atoms with E-state index >= 15 is 0 Å². The number of hydrogen-bond acceptors (Lipinski definition) is 2. The van der Waals surface area contributed by atoms with Crippen molar-refractivity contribution in [2.45, 2.75) is 78.0 Å². The molecule has 0 aliphatic heterocycles. The Morgan fingerprint density at radius 2 is 1.73 bits per heavy atom. The zero-order valence-electron chi connectivity index (χ0n) is 10.9. The van der Waals surface area contributed by atoms with Gasteiger partial charge in [-0.25, -0.2) is 0 Å². The zero-order valence-corrected chi connectivity index (χ0v) is 10.9. The Kier molecular flexibility index (Phi) is 3.83. The predicted octanol–water partition coefficient (Wildman–Crippen LogP) is 2.70. The zero-order chi connectivity index (χ0) is 11.7. The van der Waals surface area contributed by atoms with Gasteiger partial charge in [0.25, 0.3) is 0 Å². The van der Waals surface area contributed by atoms with Gasteiger partial charge in [-0.2, -0.15) is 0 Å². The van der Waals surface area contributed by atoms with Gasteiger partial charge in [0, 0.05) is 11.6 Å². The summed E-state index contributed by atoms with van der Waals surface area (Å²) in [6, 6.07) is 0.308. The van der Waals surface area contributed by atoms with Crippen LogP contribution in [-0.2, 0) is 0 Å². The van der Waals surface area contributed by atoms with Crippen molar-refractivity contribution in [3.8, 4) is 0 Å². The fourth-order valence-electron chi connectivity index (χ4n) is 2.99. The minimum Gasteiger partial charge on any atom is -0.392 e. The fourth-order valence-corrected chi connectivity index (χ4v) is 2.99. The molecule has 1 saturated carbocycles. The molecule has 2 N–H and O–H groups in total. The van der Waals surface area contributed by atoms with Crippen LogP contribution in [0.4, 0.5) is 0 Å². The monoisotopic (exact) mass is 213 g/mol. The fraction of sp³-hybridized carbons (Fsp3) is 1.00. The normalized spacial score (nSPS) is 28.4. The van der Waals surface area contributed by atoms with E-state index in [0.717, 1.165) is 25.7 Å². The molecule has 0 heterocycles. The second kappa shape index (κ2) is 4.42. The Morgan fingerprint density at radius 1 is 1.13 bits per heavy atom. The lowest BCUT2D eigenvalue weighted by molar-refractivity contribution is 0.120. The Hall–Kier alpha value is -0.0800. The topological polar surface area (TPSA) is 32.3 Å². The van der Waals surface area contributed by atoms with E-state index in [1.54, 1.807) is 0 Å². The molecule has 1 rings (SSSR count). The van der Waals surface area contributed by atoms with Crippen LogP contribution in [0.1, 0.15) is 60.3 Å². The molecule has 0 spiro atoms. The van der Waals surface area contributed by atoms with Crippen molar-refractivity contribution in [1.29, 1.82) is 0 Å². The van der Waals surface area contributed by atoms with Gasteiger partial charge in [0.15, 0.2) is 0 Å². The highest BCUT2D eigenvalue weighted by Gasteiger charge is 2.32. The number of rotatable bonds is 3. The van der Waals surface area contributed by atoms with E-state index in [9.17, 15) is 5.11 Å². The standard InChI is InChI=1S/C13H27NO/c1-12(2,3)9-13(4,5)14-10-7-6-8-11(10)15/h10-11,14-15H,6-9H2,1-5H3. The van der Waals surface area contributed by atoms with Gasteiger partial charge in [-0.05, 0) is 44.9 Å². The summed E-state index contributed by atoms with van der Waals surface area (Å²) < 4.78 is 0. The summed E-state index contributed by atoms with van der Waals surface area (Å²) in [6.07, 6.45) is 4.23.